The third-order valence-corrected chi connectivity index (χ3v) is 6.19. The zero-order valence-corrected chi connectivity index (χ0v) is 18.1. The van der Waals surface area contributed by atoms with Gasteiger partial charge in [-0.2, -0.15) is 0 Å². The molecule has 148 valence electrons. The van der Waals surface area contributed by atoms with Crippen molar-refractivity contribution in [2.24, 2.45) is 0 Å². The van der Waals surface area contributed by atoms with Gasteiger partial charge in [0, 0.05) is 11.4 Å². The second-order valence-electron chi connectivity index (χ2n) is 6.55. The number of methoxy groups -OCH3 is 1. The van der Waals surface area contributed by atoms with Crippen molar-refractivity contribution in [3.05, 3.63) is 52.7 Å². The molecule has 0 amide bonds. The number of thioether (sulfide) groups is 2. The summed E-state index contributed by atoms with van der Waals surface area (Å²) in [6.45, 7) is 2.09. The summed E-state index contributed by atoms with van der Waals surface area (Å²) in [5.41, 5.74) is 3.96. The summed E-state index contributed by atoms with van der Waals surface area (Å²) < 4.78 is 5.06. The minimum Gasteiger partial charge on any atom is -0.465 e. The molecule has 1 aromatic carbocycles. The third kappa shape index (κ3) is 5.08. The van der Waals surface area contributed by atoms with E-state index in [4.69, 9.17) is 4.74 Å². The maximum atomic E-state index is 12.6. The van der Waals surface area contributed by atoms with E-state index in [1.54, 1.807) is 0 Å². The molecule has 0 aliphatic heterocycles. The van der Waals surface area contributed by atoms with Gasteiger partial charge in [0.15, 0.2) is 11.0 Å². The van der Waals surface area contributed by atoms with Gasteiger partial charge in [-0.15, -0.1) is 11.8 Å². The molecule has 0 saturated heterocycles. The summed E-state index contributed by atoms with van der Waals surface area (Å²) in [5.74, 6) is 0.842. The minimum absolute atomic E-state index is 0.408. The van der Waals surface area contributed by atoms with Crippen molar-refractivity contribution in [2.75, 3.05) is 18.7 Å². The van der Waals surface area contributed by atoms with E-state index in [2.05, 4.69) is 40.4 Å². The second-order valence-corrected chi connectivity index (χ2v) is 8.28. The standard InChI is InChI=1S/C21H25N3O2S2/c1-14-9-7-8-10-15(14)13-28-19-17(20(25)26-2)18(23-21(24-19)27-3)22-16-11-5-4-6-12-16/h7-11H,4-6,12-13H2,1-3H3,(H,22,23,24). The molecule has 3 rings (SSSR count). The molecule has 0 atom stereocenters. The van der Waals surface area contributed by atoms with Gasteiger partial charge >= 0.3 is 5.97 Å². The van der Waals surface area contributed by atoms with Crippen molar-refractivity contribution in [2.45, 2.75) is 48.5 Å². The first-order chi connectivity index (χ1) is 13.6. The van der Waals surface area contributed by atoms with E-state index in [0.29, 0.717) is 21.6 Å². The lowest BCUT2D eigenvalue weighted by Gasteiger charge is -2.18. The number of anilines is 1. The van der Waals surface area contributed by atoms with E-state index in [9.17, 15) is 4.79 Å². The molecule has 0 saturated carbocycles. The van der Waals surface area contributed by atoms with Crippen LogP contribution in [0, 0.1) is 6.92 Å². The molecule has 1 N–H and O–H groups in total. The number of ether oxygens (including phenoxy) is 1. The summed E-state index contributed by atoms with van der Waals surface area (Å²) in [6.07, 6.45) is 8.47. The highest BCUT2D eigenvalue weighted by Crippen LogP contribution is 2.33. The topological polar surface area (TPSA) is 64.1 Å². The van der Waals surface area contributed by atoms with E-state index in [-0.39, 0.29) is 0 Å². The first kappa shape index (κ1) is 20.7. The van der Waals surface area contributed by atoms with E-state index in [0.717, 1.165) is 30.7 Å². The number of allylic oxidation sites excluding steroid dienone is 2. The van der Waals surface area contributed by atoms with Crippen molar-refractivity contribution in [3.8, 4) is 0 Å². The van der Waals surface area contributed by atoms with Gasteiger partial charge in [-0.25, -0.2) is 14.8 Å². The van der Waals surface area contributed by atoms with Crippen LogP contribution in [0.1, 0.15) is 47.2 Å². The number of benzene rings is 1. The van der Waals surface area contributed by atoms with Crippen LogP contribution in [0.3, 0.4) is 0 Å². The van der Waals surface area contributed by atoms with Crippen molar-refractivity contribution in [1.82, 2.24) is 9.97 Å². The Morgan fingerprint density at radius 1 is 1.25 bits per heavy atom. The predicted molar refractivity (Wildman–Crippen MR) is 116 cm³/mol. The first-order valence-corrected chi connectivity index (χ1v) is 11.5. The molecule has 0 radical (unpaired) electrons. The number of rotatable bonds is 7. The highest BCUT2D eigenvalue weighted by Gasteiger charge is 2.23. The van der Waals surface area contributed by atoms with Gasteiger partial charge < -0.3 is 10.1 Å². The summed E-state index contributed by atoms with van der Waals surface area (Å²) in [5, 5.41) is 4.66. The highest BCUT2D eigenvalue weighted by molar-refractivity contribution is 7.99. The molecule has 1 aliphatic rings. The van der Waals surface area contributed by atoms with Crippen LogP contribution in [-0.4, -0.2) is 29.3 Å². The lowest BCUT2D eigenvalue weighted by molar-refractivity contribution is 0.0596. The number of hydrogen-bond acceptors (Lipinski definition) is 7. The van der Waals surface area contributed by atoms with Gasteiger partial charge in [-0.3, -0.25) is 0 Å². The molecular formula is C21H25N3O2S2. The SMILES string of the molecule is COC(=O)c1c(NC2=CCCCC2)nc(SC)nc1SCc1ccccc1C. The molecule has 0 spiro atoms. The maximum Gasteiger partial charge on any atom is 0.344 e. The fourth-order valence-electron chi connectivity index (χ4n) is 3.01. The van der Waals surface area contributed by atoms with Crippen LogP contribution in [-0.2, 0) is 10.5 Å². The smallest absolute Gasteiger partial charge is 0.344 e. The lowest BCUT2D eigenvalue weighted by atomic mass is 10.0. The second kappa shape index (κ2) is 9.98. The van der Waals surface area contributed by atoms with Crippen molar-refractivity contribution >= 4 is 35.3 Å². The lowest BCUT2D eigenvalue weighted by Crippen LogP contribution is -2.14. The van der Waals surface area contributed by atoms with Gasteiger partial charge in [0.1, 0.15) is 10.6 Å². The Hall–Kier alpha value is -1.99. The summed E-state index contributed by atoms with van der Waals surface area (Å²) in [7, 11) is 1.39. The fraction of sp³-hybridized carbons (Fsp3) is 0.381. The molecule has 1 aromatic heterocycles. The molecule has 1 aliphatic carbocycles. The number of hydrogen-bond donors (Lipinski definition) is 1. The Morgan fingerprint density at radius 2 is 2.07 bits per heavy atom. The van der Waals surface area contributed by atoms with Gasteiger partial charge in [0.25, 0.3) is 0 Å². The van der Waals surface area contributed by atoms with E-state index in [1.807, 2.05) is 18.4 Å². The Morgan fingerprint density at radius 3 is 2.75 bits per heavy atom. The summed E-state index contributed by atoms with van der Waals surface area (Å²) >= 11 is 3.00. The molecule has 0 unspecified atom stereocenters. The normalized spacial score (nSPS) is 13.8. The van der Waals surface area contributed by atoms with Gasteiger partial charge in [-0.1, -0.05) is 42.1 Å². The maximum absolute atomic E-state index is 12.6. The minimum atomic E-state index is -0.418. The van der Waals surface area contributed by atoms with Crippen LogP contribution in [0.15, 0.2) is 46.2 Å². The largest absolute Gasteiger partial charge is 0.465 e. The van der Waals surface area contributed by atoms with E-state index in [1.165, 1.54) is 48.2 Å². The number of nitrogens with one attached hydrogen (secondary N) is 1. The average Bonchev–Trinajstić information content (AvgIpc) is 2.73. The van der Waals surface area contributed by atoms with E-state index >= 15 is 0 Å². The van der Waals surface area contributed by atoms with Crippen LogP contribution in [0.4, 0.5) is 5.82 Å². The van der Waals surface area contributed by atoms with Crippen molar-refractivity contribution in [1.29, 1.82) is 0 Å². The quantitative estimate of drug-likeness (QED) is 0.279. The first-order valence-electron chi connectivity index (χ1n) is 9.30. The average molecular weight is 416 g/mol. The number of aryl methyl sites for hydroxylation is 1. The van der Waals surface area contributed by atoms with Crippen LogP contribution in [0.5, 0.6) is 0 Å². The zero-order valence-electron chi connectivity index (χ0n) is 16.4. The number of nitrogens with zero attached hydrogens (tertiary/aromatic N) is 2. The van der Waals surface area contributed by atoms with Crippen molar-refractivity contribution < 1.29 is 9.53 Å². The Kier molecular flexibility index (Phi) is 7.39. The van der Waals surface area contributed by atoms with Crippen LogP contribution < -0.4 is 5.32 Å². The highest BCUT2D eigenvalue weighted by atomic mass is 32.2. The monoisotopic (exact) mass is 415 g/mol. The summed E-state index contributed by atoms with van der Waals surface area (Å²) in [6, 6.07) is 8.25. The molecule has 0 fully saturated rings. The predicted octanol–water partition coefficient (Wildman–Crippen LogP) is 5.46. The molecule has 1 heterocycles. The van der Waals surface area contributed by atoms with Crippen LogP contribution in [0.2, 0.25) is 0 Å². The number of aromatic nitrogens is 2. The Labute approximate surface area is 174 Å². The van der Waals surface area contributed by atoms with Gasteiger partial charge in [0.2, 0.25) is 0 Å². The summed E-state index contributed by atoms with van der Waals surface area (Å²) in [4.78, 5) is 21.8. The Balaban J connectivity index is 1.96. The number of carbonyl (C=O) groups excluding carboxylic acids is 1. The fourth-order valence-corrected chi connectivity index (χ4v) is 4.53. The molecular weight excluding hydrogens is 390 g/mol. The van der Waals surface area contributed by atoms with Crippen LogP contribution >= 0.6 is 23.5 Å². The van der Waals surface area contributed by atoms with E-state index < -0.39 is 5.97 Å². The van der Waals surface area contributed by atoms with Gasteiger partial charge in [-0.05, 0) is 50.0 Å². The van der Waals surface area contributed by atoms with Crippen LogP contribution in [0.25, 0.3) is 0 Å². The molecule has 2 aromatic rings. The Bertz CT molecular complexity index is 884. The van der Waals surface area contributed by atoms with Gasteiger partial charge in [0.05, 0.1) is 7.11 Å². The number of esters is 1. The zero-order chi connectivity index (χ0) is 19.9. The molecule has 5 nitrogen and oxygen atoms in total. The molecule has 28 heavy (non-hydrogen) atoms. The van der Waals surface area contributed by atoms with Crippen molar-refractivity contribution in [3.63, 3.8) is 0 Å². The third-order valence-electron chi connectivity index (χ3n) is 4.62. The number of carbonyl (C=O) groups is 1. The molecule has 7 heteroatoms. The molecule has 0 bridgehead atoms.